The quantitative estimate of drug-likeness (QED) is 0.345. The lowest BCUT2D eigenvalue weighted by Crippen LogP contribution is -2.19. The van der Waals surface area contributed by atoms with Crippen LogP contribution in [0.3, 0.4) is 0 Å². The summed E-state index contributed by atoms with van der Waals surface area (Å²) in [6, 6.07) is 14.8. The van der Waals surface area contributed by atoms with E-state index in [-0.39, 0.29) is 17.3 Å². The van der Waals surface area contributed by atoms with Gasteiger partial charge in [-0.1, -0.05) is 67.8 Å². The van der Waals surface area contributed by atoms with Crippen LogP contribution in [0.4, 0.5) is 0 Å². The highest BCUT2D eigenvalue weighted by Crippen LogP contribution is 2.27. The summed E-state index contributed by atoms with van der Waals surface area (Å²) in [7, 11) is 0. The highest BCUT2D eigenvalue weighted by atomic mass is 16.4. The van der Waals surface area contributed by atoms with E-state index in [1.807, 2.05) is 47.2 Å². The number of aromatic nitrogens is 3. The van der Waals surface area contributed by atoms with Crippen molar-refractivity contribution in [1.29, 1.82) is 0 Å². The van der Waals surface area contributed by atoms with E-state index >= 15 is 0 Å². The third-order valence-corrected chi connectivity index (χ3v) is 6.27. The number of allylic oxidation sites excluding steroid dienone is 1. The molecule has 6 heteroatoms. The van der Waals surface area contributed by atoms with Crippen LogP contribution in [0, 0.1) is 5.92 Å². The van der Waals surface area contributed by atoms with E-state index in [1.165, 1.54) is 6.42 Å². The van der Waals surface area contributed by atoms with Gasteiger partial charge in [-0.05, 0) is 42.0 Å². The number of rotatable bonds is 9. The van der Waals surface area contributed by atoms with Gasteiger partial charge in [0, 0.05) is 12.3 Å². The van der Waals surface area contributed by atoms with Gasteiger partial charge in [-0.2, -0.15) is 0 Å². The molecule has 0 bridgehead atoms. The molecule has 1 aromatic heterocycles. The van der Waals surface area contributed by atoms with Gasteiger partial charge >= 0.3 is 5.97 Å². The largest absolute Gasteiger partial charge is 0.478 e. The Morgan fingerprint density at radius 1 is 1.06 bits per heavy atom. The molecule has 0 unspecified atom stereocenters. The zero-order valence-electron chi connectivity index (χ0n) is 18.7. The Morgan fingerprint density at radius 3 is 2.48 bits per heavy atom. The Morgan fingerprint density at radius 2 is 1.79 bits per heavy atom. The first kappa shape index (κ1) is 22.6. The smallest absolute Gasteiger partial charge is 0.336 e. The van der Waals surface area contributed by atoms with Crippen LogP contribution in [0.25, 0.3) is 11.1 Å². The average molecular weight is 444 g/mol. The van der Waals surface area contributed by atoms with Gasteiger partial charge < -0.3 is 5.11 Å². The Labute approximate surface area is 194 Å². The van der Waals surface area contributed by atoms with E-state index in [2.05, 4.69) is 16.7 Å². The van der Waals surface area contributed by atoms with E-state index in [4.69, 9.17) is 0 Å². The number of Topliss-reactive ketones (excluding diaryl/α,β-unsaturated/α-hetero) is 1. The highest BCUT2D eigenvalue weighted by Gasteiger charge is 2.26. The lowest BCUT2D eigenvalue weighted by molar-refractivity contribution is 0.0697. The van der Waals surface area contributed by atoms with Crippen LogP contribution in [0.15, 0.2) is 61.2 Å². The molecule has 1 fully saturated rings. The molecule has 0 amide bonds. The van der Waals surface area contributed by atoms with Crippen molar-refractivity contribution in [3.8, 4) is 11.1 Å². The van der Waals surface area contributed by atoms with E-state index in [9.17, 15) is 14.7 Å². The molecule has 0 radical (unpaired) electrons. The number of carbonyl (C=O) groups is 2. The molecule has 3 aromatic rings. The van der Waals surface area contributed by atoms with Crippen molar-refractivity contribution in [3.63, 3.8) is 0 Å². The molecule has 0 saturated heterocycles. The fourth-order valence-electron chi connectivity index (χ4n) is 4.45. The van der Waals surface area contributed by atoms with Gasteiger partial charge in [0.1, 0.15) is 5.82 Å². The lowest BCUT2D eigenvalue weighted by atomic mass is 9.86. The first-order valence-corrected chi connectivity index (χ1v) is 11.6. The molecule has 6 nitrogen and oxygen atoms in total. The Hall–Kier alpha value is -3.54. The molecular formula is C27H29N3O3. The number of hydrogen-bond donors (Lipinski definition) is 1. The second kappa shape index (κ2) is 10.4. The van der Waals surface area contributed by atoms with E-state index in [1.54, 1.807) is 12.1 Å². The minimum Gasteiger partial charge on any atom is -0.478 e. The van der Waals surface area contributed by atoms with Crippen molar-refractivity contribution < 1.29 is 14.7 Å². The fourth-order valence-corrected chi connectivity index (χ4v) is 4.45. The zero-order valence-corrected chi connectivity index (χ0v) is 18.7. The minimum atomic E-state index is -0.945. The summed E-state index contributed by atoms with van der Waals surface area (Å²) in [6.07, 6.45) is 8.53. The molecule has 1 aliphatic rings. The molecule has 0 atom stereocenters. The fraction of sp³-hybridized carbons (Fsp3) is 0.333. The van der Waals surface area contributed by atoms with Gasteiger partial charge in [0.05, 0.1) is 12.1 Å². The van der Waals surface area contributed by atoms with Crippen molar-refractivity contribution in [3.05, 3.63) is 84.0 Å². The predicted octanol–water partition coefficient (Wildman–Crippen LogP) is 5.57. The molecular weight excluding hydrogens is 414 g/mol. The summed E-state index contributed by atoms with van der Waals surface area (Å²) in [5.41, 5.74) is 2.81. The molecule has 1 saturated carbocycles. The lowest BCUT2D eigenvalue weighted by Gasteiger charge is -2.18. The van der Waals surface area contributed by atoms with Crippen LogP contribution < -0.4 is 0 Å². The van der Waals surface area contributed by atoms with Gasteiger partial charge in [-0.15, -0.1) is 11.7 Å². The number of nitrogens with zero attached hydrogens (tertiary/aromatic N) is 3. The Bertz CT molecular complexity index is 1140. The minimum absolute atomic E-state index is 0.0374. The monoisotopic (exact) mass is 443 g/mol. The van der Waals surface area contributed by atoms with Crippen molar-refractivity contribution in [2.75, 3.05) is 0 Å². The number of carbonyl (C=O) groups excluding carboxylic acids is 1. The second-order valence-electron chi connectivity index (χ2n) is 8.58. The summed E-state index contributed by atoms with van der Waals surface area (Å²) in [4.78, 5) is 29.1. The third kappa shape index (κ3) is 5.28. The average Bonchev–Trinajstić information content (AvgIpc) is 3.25. The van der Waals surface area contributed by atoms with Crippen LogP contribution in [-0.2, 0) is 13.0 Å². The van der Waals surface area contributed by atoms with Crippen LogP contribution in [0.1, 0.15) is 70.9 Å². The first-order valence-electron chi connectivity index (χ1n) is 11.6. The molecule has 0 spiro atoms. The molecule has 2 aromatic carbocycles. The number of benzene rings is 2. The van der Waals surface area contributed by atoms with Crippen molar-refractivity contribution >= 4 is 11.8 Å². The van der Waals surface area contributed by atoms with E-state index in [0.29, 0.717) is 24.4 Å². The van der Waals surface area contributed by atoms with Gasteiger partial charge in [-0.3, -0.25) is 4.79 Å². The summed E-state index contributed by atoms with van der Waals surface area (Å²) in [5, 5.41) is 14.1. The number of aromatic carboxylic acids is 1. The number of carboxylic acid groups (broad SMARTS) is 1. The molecule has 0 aliphatic heterocycles. The van der Waals surface area contributed by atoms with Crippen molar-refractivity contribution in [2.24, 2.45) is 5.92 Å². The van der Waals surface area contributed by atoms with Crippen molar-refractivity contribution in [2.45, 2.75) is 51.5 Å². The Kier molecular flexibility index (Phi) is 7.13. The Balaban J connectivity index is 1.56. The van der Waals surface area contributed by atoms with Crippen LogP contribution in [0.5, 0.6) is 0 Å². The van der Waals surface area contributed by atoms with Gasteiger partial charge in [0.15, 0.2) is 0 Å². The standard InChI is InChI=1S/C27H29N3O3/c1-2-3-13-24-28-26(25(31)21-9-5-4-6-10-21)29-30(24)18-19-14-16-20(17-15-19)22-11-7-8-12-23(22)27(32)33/h2,7-8,11-12,14-17,21H,1,3-6,9-10,13,18H2,(H,32,33). The summed E-state index contributed by atoms with van der Waals surface area (Å²) >= 11 is 0. The molecule has 33 heavy (non-hydrogen) atoms. The maximum absolute atomic E-state index is 13.0. The predicted molar refractivity (Wildman–Crippen MR) is 127 cm³/mol. The number of hydrogen-bond acceptors (Lipinski definition) is 4. The van der Waals surface area contributed by atoms with Crippen LogP contribution >= 0.6 is 0 Å². The van der Waals surface area contributed by atoms with E-state index < -0.39 is 5.97 Å². The molecule has 1 heterocycles. The molecule has 170 valence electrons. The van der Waals surface area contributed by atoms with Gasteiger partial charge in [-0.25, -0.2) is 14.5 Å². The zero-order chi connectivity index (χ0) is 23.2. The summed E-state index contributed by atoms with van der Waals surface area (Å²) in [5.74, 6) is 0.269. The highest BCUT2D eigenvalue weighted by molar-refractivity contribution is 5.96. The van der Waals surface area contributed by atoms with E-state index in [0.717, 1.165) is 49.1 Å². The molecule has 1 N–H and O–H groups in total. The molecule has 1 aliphatic carbocycles. The number of ketones is 1. The topological polar surface area (TPSA) is 85.1 Å². The van der Waals surface area contributed by atoms with Crippen molar-refractivity contribution in [1.82, 2.24) is 14.8 Å². The number of aryl methyl sites for hydroxylation is 1. The van der Waals surface area contributed by atoms with Crippen LogP contribution in [-0.4, -0.2) is 31.6 Å². The summed E-state index contributed by atoms with van der Waals surface area (Å²) < 4.78 is 1.82. The second-order valence-corrected chi connectivity index (χ2v) is 8.58. The summed E-state index contributed by atoms with van der Waals surface area (Å²) in [6.45, 7) is 4.29. The number of carboxylic acids is 1. The van der Waals surface area contributed by atoms with Crippen LogP contribution in [0.2, 0.25) is 0 Å². The molecule has 4 rings (SSSR count). The van der Waals surface area contributed by atoms with Gasteiger partial charge in [0.25, 0.3) is 0 Å². The SMILES string of the molecule is C=CCCc1nc(C(=O)C2CCCCC2)nn1Cc1ccc(-c2ccccc2C(=O)O)cc1. The maximum atomic E-state index is 13.0. The van der Waals surface area contributed by atoms with Gasteiger partial charge in [0.2, 0.25) is 11.6 Å². The maximum Gasteiger partial charge on any atom is 0.336 e. The third-order valence-electron chi connectivity index (χ3n) is 6.27. The first-order chi connectivity index (χ1) is 16.1. The normalized spacial score (nSPS) is 14.2.